The van der Waals surface area contributed by atoms with E-state index < -0.39 is 10.7 Å². The second-order valence-electron chi connectivity index (χ2n) is 3.60. The Hall–Kier alpha value is -1.69. The molecule has 1 saturated heterocycles. The van der Waals surface area contributed by atoms with Crippen molar-refractivity contribution >= 4 is 5.69 Å². The lowest BCUT2D eigenvalue weighted by Crippen LogP contribution is -2.20. The van der Waals surface area contributed by atoms with Gasteiger partial charge in [-0.1, -0.05) is 0 Å². The summed E-state index contributed by atoms with van der Waals surface area (Å²) in [6.45, 7) is 1.45. The molecular weight excluding hydrogens is 215 g/mol. The van der Waals surface area contributed by atoms with E-state index in [-0.39, 0.29) is 17.5 Å². The monoisotopic (exact) mass is 226 g/mol. The molecule has 0 aliphatic carbocycles. The molecule has 1 aliphatic heterocycles. The minimum atomic E-state index is -0.572. The van der Waals surface area contributed by atoms with Crippen molar-refractivity contribution in [1.82, 2.24) is 5.32 Å². The number of halogens is 1. The largest absolute Gasteiger partial charge is 0.482 e. The van der Waals surface area contributed by atoms with Crippen molar-refractivity contribution in [2.45, 2.75) is 12.5 Å². The maximum Gasteiger partial charge on any atom is 0.311 e. The van der Waals surface area contributed by atoms with Crippen molar-refractivity contribution in [2.75, 3.05) is 13.1 Å². The van der Waals surface area contributed by atoms with Crippen molar-refractivity contribution in [3.8, 4) is 5.75 Å². The van der Waals surface area contributed by atoms with Crippen LogP contribution in [-0.4, -0.2) is 24.1 Å². The third-order valence-electron chi connectivity index (χ3n) is 2.43. The fourth-order valence-electron chi connectivity index (χ4n) is 1.64. The molecule has 1 aromatic carbocycles. The highest BCUT2D eigenvalue weighted by atomic mass is 19.1. The van der Waals surface area contributed by atoms with Gasteiger partial charge in [-0.05, 0) is 19.0 Å². The molecule has 6 heteroatoms. The third kappa shape index (κ3) is 2.27. The van der Waals surface area contributed by atoms with E-state index in [0.717, 1.165) is 31.2 Å². The van der Waals surface area contributed by atoms with Crippen LogP contribution in [0.2, 0.25) is 0 Å². The predicted octanol–water partition coefficient (Wildman–Crippen LogP) is 1.47. The third-order valence-corrected chi connectivity index (χ3v) is 2.43. The molecule has 1 N–H and O–H groups in total. The topological polar surface area (TPSA) is 64.4 Å². The highest BCUT2D eigenvalue weighted by Crippen LogP contribution is 2.29. The molecule has 0 saturated carbocycles. The molecule has 0 bridgehead atoms. The molecular formula is C10H11FN2O3. The summed E-state index contributed by atoms with van der Waals surface area (Å²) in [5, 5.41) is 13.8. The van der Waals surface area contributed by atoms with Gasteiger partial charge < -0.3 is 10.1 Å². The van der Waals surface area contributed by atoms with Crippen molar-refractivity contribution in [1.29, 1.82) is 0 Å². The number of hydrogen-bond acceptors (Lipinski definition) is 4. The van der Waals surface area contributed by atoms with Crippen molar-refractivity contribution in [3.05, 3.63) is 34.1 Å². The molecule has 0 radical (unpaired) electrons. The molecule has 1 aliphatic rings. The van der Waals surface area contributed by atoms with Crippen LogP contribution in [0, 0.1) is 15.9 Å². The number of benzene rings is 1. The molecule has 0 aromatic heterocycles. The van der Waals surface area contributed by atoms with Crippen LogP contribution in [0.5, 0.6) is 5.75 Å². The zero-order chi connectivity index (χ0) is 11.5. The number of ether oxygens (including phenoxy) is 1. The zero-order valence-corrected chi connectivity index (χ0v) is 8.48. The first-order valence-corrected chi connectivity index (χ1v) is 4.98. The first-order valence-electron chi connectivity index (χ1n) is 4.98. The van der Waals surface area contributed by atoms with Gasteiger partial charge in [0.25, 0.3) is 0 Å². The number of hydrogen-bond donors (Lipinski definition) is 1. The highest BCUT2D eigenvalue weighted by Gasteiger charge is 2.22. The van der Waals surface area contributed by atoms with Gasteiger partial charge in [-0.15, -0.1) is 0 Å². The fourth-order valence-corrected chi connectivity index (χ4v) is 1.64. The summed E-state index contributed by atoms with van der Waals surface area (Å²) < 4.78 is 18.4. The Labute approximate surface area is 91.4 Å². The molecule has 1 heterocycles. The Morgan fingerprint density at radius 1 is 1.56 bits per heavy atom. The van der Waals surface area contributed by atoms with E-state index in [4.69, 9.17) is 4.74 Å². The number of nitro groups is 1. The Kier molecular flexibility index (Phi) is 3.00. The highest BCUT2D eigenvalue weighted by molar-refractivity contribution is 5.46. The normalized spacial score (nSPS) is 19.7. The zero-order valence-electron chi connectivity index (χ0n) is 8.48. The fraction of sp³-hybridized carbons (Fsp3) is 0.400. The standard InChI is InChI=1S/C10H11FN2O3/c11-7-1-2-9(13(14)15)10(5-7)16-8-3-4-12-6-8/h1-2,5,8,12H,3-4,6H2/t8-/m1/s1. The average Bonchev–Trinajstić information content (AvgIpc) is 2.70. The number of nitro benzene ring substituents is 1. The summed E-state index contributed by atoms with van der Waals surface area (Å²) in [4.78, 5) is 10.1. The van der Waals surface area contributed by atoms with Gasteiger partial charge in [-0.3, -0.25) is 10.1 Å². The Morgan fingerprint density at radius 2 is 2.38 bits per heavy atom. The quantitative estimate of drug-likeness (QED) is 0.626. The molecule has 5 nitrogen and oxygen atoms in total. The Morgan fingerprint density at radius 3 is 3.00 bits per heavy atom. The SMILES string of the molecule is O=[N+]([O-])c1ccc(F)cc1O[C@@H]1CCNC1. The van der Waals surface area contributed by atoms with Gasteiger partial charge in [-0.25, -0.2) is 4.39 Å². The maximum atomic E-state index is 13.0. The molecule has 0 unspecified atom stereocenters. The summed E-state index contributed by atoms with van der Waals surface area (Å²) in [6.07, 6.45) is 0.647. The van der Waals surface area contributed by atoms with Gasteiger partial charge in [-0.2, -0.15) is 0 Å². The number of rotatable bonds is 3. The van der Waals surface area contributed by atoms with Crippen LogP contribution in [0.1, 0.15) is 6.42 Å². The van der Waals surface area contributed by atoms with Crippen molar-refractivity contribution in [2.24, 2.45) is 0 Å². The van der Waals surface area contributed by atoms with E-state index in [9.17, 15) is 14.5 Å². The minimum Gasteiger partial charge on any atom is -0.482 e. The van der Waals surface area contributed by atoms with Crippen LogP contribution in [0.15, 0.2) is 18.2 Å². The summed E-state index contributed by atoms with van der Waals surface area (Å²) >= 11 is 0. The second-order valence-corrected chi connectivity index (χ2v) is 3.60. The molecule has 1 atom stereocenters. The molecule has 0 spiro atoms. The van der Waals surface area contributed by atoms with E-state index in [2.05, 4.69) is 5.32 Å². The molecule has 16 heavy (non-hydrogen) atoms. The predicted molar refractivity (Wildman–Crippen MR) is 55.0 cm³/mol. The summed E-state index contributed by atoms with van der Waals surface area (Å²) in [5.41, 5.74) is -0.201. The van der Waals surface area contributed by atoms with Gasteiger partial charge in [0.15, 0.2) is 5.75 Å². The van der Waals surface area contributed by atoms with E-state index in [1.807, 2.05) is 0 Å². The van der Waals surface area contributed by atoms with E-state index in [1.54, 1.807) is 0 Å². The van der Waals surface area contributed by atoms with Crippen molar-refractivity contribution < 1.29 is 14.1 Å². The molecule has 1 aromatic rings. The molecule has 86 valence electrons. The maximum absolute atomic E-state index is 13.0. The van der Waals surface area contributed by atoms with Gasteiger partial charge in [0.2, 0.25) is 0 Å². The van der Waals surface area contributed by atoms with Crippen LogP contribution in [0.3, 0.4) is 0 Å². The van der Waals surface area contributed by atoms with Crippen molar-refractivity contribution in [3.63, 3.8) is 0 Å². The Bertz CT molecular complexity index is 405. The summed E-state index contributed by atoms with van der Waals surface area (Å²) in [7, 11) is 0. The van der Waals surface area contributed by atoms with E-state index in [1.165, 1.54) is 0 Å². The Balaban J connectivity index is 2.22. The number of nitrogens with one attached hydrogen (secondary N) is 1. The first kappa shape index (κ1) is 10.8. The van der Waals surface area contributed by atoms with E-state index >= 15 is 0 Å². The number of nitrogens with zero attached hydrogens (tertiary/aromatic N) is 1. The average molecular weight is 226 g/mol. The lowest BCUT2D eigenvalue weighted by molar-refractivity contribution is -0.386. The van der Waals surface area contributed by atoms with Gasteiger partial charge in [0.1, 0.15) is 11.9 Å². The smallest absolute Gasteiger partial charge is 0.311 e. The van der Waals surface area contributed by atoms with Gasteiger partial charge >= 0.3 is 5.69 Å². The summed E-state index contributed by atoms with van der Waals surface area (Å²) in [5.74, 6) is -0.537. The lowest BCUT2D eigenvalue weighted by atomic mass is 10.2. The lowest BCUT2D eigenvalue weighted by Gasteiger charge is -2.12. The van der Waals surface area contributed by atoms with Crippen LogP contribution in [0.25, 0.3) is 0 Å². The first-order chi connectivity index (χ1) is 7.66. The van der Waals surface area contributed by atoms with Gasteiger partial charge in [0, 0.05) is 18.7 Å². The molecule has 0 amide bonds. The second kappa shape index (κ2) is 4.44. The summed E-state index contributed by atoms with van der Waals surface area (Å²) in [6, 6.07) is 3.22. The van der Waals surface area contributed by atoms with Crippen LogP contribution in [-0.2, 0) is 0 Å². The van der Waals surface area contributed by atoms with Gasteiger partial charge in [0.05, 0.1) is 4.92 Å². The molecule has 1 fully saturated rings. The van der Waals surface area contributed by atoms with Crippen LogP contribution >= 0.6 is 0 Å². The molecule has 2 rings (SSSR count). The van der Waals surface area contributed by atoms with Crippen LogP contribution in [0.4, 0.5) is 10.1 Å². The van der Waals surface area contributed by atoms with Crippen LogP contribution < -0.4 is 10.1 Å². The van der Waals surface area contributed by atoms with E-state index in [0.29, 0.717) is 6.54 Å². The minimum absolute atomic E-state index is 0.00120.